The first-order chi connectivity index (χ1) is 9.41. The summed E-state index contributed by atoms with van der Waals surface area (Å²) in [6.45, 7) is 2.46. The maximum Gasteiger partial charge on any atom is 0.305 e. The maximum absolute atomic E-state index is 11.7. The summed E-state index contributed by atoms with van der Waals surface area (Å²) in [5, 5.41) is 13.3. The minimum atomic E-state index is -0.832. The number of aryl methyl sites for hydroxylation is 2. The van der Waals surface area contributed by atoms with Gasteiger partial charge in [-0.2, -0.15) is 5.10 Å². The van der Waals surface area contributed by atoms with Crippen LogP contribution < -0.4 is 10.6 Å². The van der Waals surface area contributed by atoms with E-state index in [1.807, 2.05) is 4.90 Å². The Morgan fingerprint density at radius 3 is 2.75 bits per heavy atom. The number of nitrogens with zero attached hydrogens (tertiary/aromatic N) is 3. The molecule has 0 aromatic carbocycles. The van der Waals surface area contributed by atoms with Crippen molar-refractivity contribution in [1.29, 1.82) is 0 Å². The van der Waals surface area contributed by atoms with Gasteiger partial charge in [-0.15, -0.1) is 0 Å². The lowest BCUT2D eigenvalue weighted by atomic mass is 9.98. The molecule has 0 saturated carbocycles. The van der Waals surface area contributed by atoms with E-state index in [-0.39, 0.29) is 12.5 Å². The zero-order valence-corrected chi connectivity index (χ0v) is 11.8. The van der Waals surface area contributed by atoms with Crippen molar-refractivity contribution in [2.75, 3.05) is 11.4 Å². The van der Waals surface area contributed by atoms with Crippen LogP contribution in [0.2, 0.25) is 0 Å². The molecule has 110 valence electrons. The molecule has 3 N–H and O–H groups in total. The molecule has 1 aliphatic heterocycles. The van der Waals surface area contributed by atoms with E-state index >= 15 is 0 Å². The summed E-state index contributed by atoms with van der Waals surface area (Å²) in [5.41, 5.74) is 6.42. The van der Waals surface area contributed by atoms with Crippen LogP contribution in [0.25, 0.3) is 0 Å². The van der Waals surface area contributed by atoms with Crippen LogP contribution in [0.5, 0.6) is 0 Å². The molecule has 1 aliphatic rings. The fourth-order valence-electron chi connectivity index (χ4n) is 2.96. The summed E-state index contributed by atoms with van der Waals surface area (Å²) in [5.74, 6) is -0.715. The van der Waals surface area contributed by atoms with Gasteiger partial charge in [0.25, 0.3) is 5.91 Å². The van der Waals surface area contributed by atoms with Crippen LogP contribution in [-0.4, -0.2) is 39.4 Å². The summed E-state index contributed by atoms with van der Waals surface area (Å²) in [6, 6.07) is -0.117. The molecule has 1 aromatic rings. The number of amides is 1. The lowest BCUT2D eigenvalue weighted by Crippen LogP contribution is -2.42. The highest BCUT2D eigenvalue weighted by Crippen LogP contribution is 2.30. The number of nitrogens with two attached hydrogens (primary N) is 1. The largest absolute Gasteiger partial charge is 0.481 e. The highest BCUT2D eigenvalue weighted by atomic mass is 16.4. The number of carbonyl (C=O) groups is 2. The first-order valence-corrected chi connectivity index (χ1v) is 6.73. The Morgan fingerprint density at radius 1 is 1.45 bits per heavy atom. The van der Waals surface area contributed by atoms with Crippen molar-refractivity contribution in [3.63, 3.8) is 0 Å². The zero-order chi connectivity index (χ0) is 14.9. The van der Waals surface area contributed by atoms with E-state index in [0.29, 0.717) is 17.1 Å². The lowest BCUT2D eigenvalue weighted by molar-refractivity contribution is -0.137. The van der Waals surface area contributed by atoms with Gasteiger partial charge in [0.15, 0.2) is 0 Å². The van der Waals surface area contributed by atoms with Crippen molar-refractivity contribution in [1.82, 2.24) is 9.78 Å². The van der Waals surface area contributed by atoms with E-state index in [1.54, 1.807) is 18.7 Å². The lowest BCUT2D eigenvalue weighted by Gasteiger charge is -2.36. The Bertz CT molecular complexity index is 538. The SMILES string of the molecule is Cc1nn(C)c(N2CCCCC2CC(=O)O)c1C(N)=O. The van der Waals surface area contributed by atoms with Crippen molar-refractivity contribution in [2.45, 2.75) is 38.6 Å². The number of rotatable bonds is 4. The highest BCUT2D eigenvalue weighted by Gasteiger charge is 2.31. The van der Waals surface area contributed by atoms with Gasteiger partial charge in [-0.25, -0.2) is 0 Å². The van der Waals surface area contributed by atoms with E-state index in [0.717, 1.165) is 25.8 Å². The first-order valence-electron chi connectivity index (χ1n) is 6.73. The van der Waals surface area contributed by atoms with Crippen LogP contribution in [0.4, 0.5) is 5.82 Å². The van der Waals surface area contributed by atoms with Gasteiger partial charge in [0, 0.05) is 19.6 Å². The van der Waals surface area contributed by atoms with Gasteiger partial charge in [-0.3, -0.25) is 14.3 Å². The average Bonchev–Trinajstić information content (AvgIpc) is 2.64. The van der Waals surface area contributed by atoms with Gasteiger partial charge in [0.1, 0.15) is 11.4 Å². The molecule has 1 unspecified atom stereocenters. The number of aliphatic carboxylic acids is 1. The van der Waals surface area contributed by atoms with Crippen LogP contribution >= 0.6 is 0 Å². The normalized spacial score (nSPS) is 19.1. The number of primary amides is 1. The third kappa shape index (κ3) is 2.61. The van der Waals surface area contributed by atoms with Crippen molar-refractivity contribution < 1.29 is 14.7 Å². The molecule has 20 heavy (non-hydrogen) atoms. The van der Waals surface area contributed by atoms with Crippen LogP contribution in [0.15, 0.2) is 0 Å². The Balaban J connectivity index is 2.42. The molecule has 0 spiro atoms. The molecule has 1 atom stereocenters. The number of carbonyl (C=O) groups excluding carboxylic acids is 1. The van der Waals surface area contributed by atoms with Crippen molar-refractivity contribution >= 4 is 17.7 Å². The first kappa shape index (κ1) is 14.4. The molecule has 0 bridgehead atoms. The molecule has 2 heterocycles. The predicted molar refractivity (Wildman–Crippen MR) is 73.7 cm³/mol. The highest BCUT2D eigenvalue weighted by molar-refractivity contribution is 5.99. The summed E-state index contributed by atoms with van der Waals surface area (Å²) in [6.07, 6.45) is 2.83. The van der Waals surface area contributed by atoms with Gasteiger partial charge in [0.2, 0.25) is 0 Å². The smallest absolute Gasteiger partial charge is 0.305 e. The average molecular weight is 280 g/mol. The number of hydrogen-bond acceptors (Lipinski definition) is 4. The predicted octanol–water partition coefficient (Wildman–Crippen LogP) is 0.661. The molecule has 1 saturated heterocycles. The number of piperidine rings is 1. The number of carboxylic acid groups (broad SMARTS) is 1. The quantitative estimate of drug-likeness (QED) is 0.843. The van der Waals surface area contributed by atoms with Gasteiger partial charge in [-0.1, -0.05) is 0 Å². The minimum Gasteiger partial charge on any atom is -0.481 e. The second-order valence-corrected chi connectivity index (χ2v) is 5.21. The minimum absolute atomic E-state index is 0.0580. The molecule has 0 radical (unpaired) electrons. The third-order valence-corrected chi connectivity index (χ3v) is 3.75. The standard InChI is InChI=1S/C13H20N4O3/c1-8-11(12(14)20)13(16(2)15-8)17-6-4-3-5-9(17)7-10(18)19/h9H,3-7H2,1-2H3,(H2,14,20)(H,18,19). The number of anilines is 1. The van der Waals surface area contributed by atoms with Gasteiger partial charge >= 0.3 is 5.97 Å². The monoisotopic (exact) mass is 280 g/mol. The number of hydrogen-bond donors (Lipinski definition) is 2. The van der Waals surface area contributed by atoms with Crippen molar-refractivity contribution in [2.24, 2.45) is 12.8 Å². The molecule has 0 aliphatic carbocycles. The molecule has 1 amide bonds. The molecule has 7 nitrogen and oxygen atoms in total. The zero-order valence-electron chi connectivity index (χ0n) is 11.8. The summed E-state index contributed by atoms with van der Waals surface area (Å²) < 4.78 is 1.62. The fourth-order valence-corrected chi connectivity index (χ4v) is 2.96. The molecule has 2 rings (SSSR count). The molecule has 1 aromatic heterocycles. The fraction of sp³-hybridized carbons (Fsp3) is 0.615. The number of carboxylic acids is 1. The summed E-state index contributed by atoms with van der Waals surface area (Å²) in [7, 11) is 1.75. The van der Waals surface area contributed by atoms with Crippen molar-refractivity contribution in [3.05, 3.63) is 11.3 Å². The van der Waals surface area contributed by atoms with Gasteiger partial charge in [0.05, 0.1) is 12.1 Å². The van der Waals surface area contributed by atoms with Crippen LogP contribution in [0.1, 0.15) is 41.7 Å². The van der Waals surface area contributed by atoms with Gasteiger partial charge in [-0.05, 0) is 26.2 Å². The summed E-state index contributed by atoms with van der Waals surface area (Å²) in [4.78, 5) is 24.6. The van der Waals surface area contributed by atoms with E-state index in [1.165, 1.54) is 0 Å². The number of aromatic nitrogens is 2. The topological polar surface area (TPSA) is 101 Å². The van der Waals surface area contributed by atoms with Crippen LogP contribution in [0, 0.1) is 6.92 Å². The molecular weight excluding hydrogens is 260 g/mol. The molecular formula is C13H20N4O3. The Kier molecular flexibility index (Phi) is 3.96. The van der Waals surface area contributed by atoms with E-state index < -0.39 is 11.9 Å². The van der Waals surface area contributed by atoms with Crippen molar-refractivity contribution in [3.8, 4) is 0 Å². The maximum atomic E-state index is 11.7. The second-order valence-electron chi connectivity index (χ2n) is 5.21. The Labute approximate surface area is 117 Å². The molecule has 7 heteroatoms. The van der Waals surface area contributed by atoms with Crippen LogP contribution in [-0.2, 0) is 11.8 Å². The van der Waals surface area contributed by atoms with E-state index in [2.05, 4.69) is 5.10 Å². The Hall–Kier alpha value is -2.05. The van der Waals surface area contributed by atoms with Gasteiger partial charge < -0.3 is 15.7 Å². The second kappa shape index (κ2) is 5.52. The molecule has 1 fully saturated rings. The van der Waals surface area contributed by atoms with Crippen LogP contribution in [0.3, 0.4) is 0 Å². The summed E-state index contributed by atoms with van der Waals surface area (Å²) >= 11 is 0. The van der Waals surface area contributed by atoms with E-state index in [9.17, 15) is 9.59 Å². The third-order valence-electron chi connectivity index (χ3n) is 3.75. The Morgan fingerprint density at radius 2 is 2.15 bits per heavy atom. The van der Waals surface area contributed by atoms with E-state index in [4.69, 9.17) is 10.8 Å².